The molecule has 0 spiro atoms. The van der Waals surface area contributed by atoms with Gasteiger partial charge in [-0.2, -0.15) is 0 Å². The number of aryl methyl sites for hydroxylation is 1. The summed E-state index contributed by atoms with van der Waals surface area (Å²) in [6.07, 6.45) is 1.82. The third kappa shape index (κ3) is 4.90. The van der Waals surface area contributed by atoms with Crippen molar-refractivity contribution in [3.05, 3.63) is 112 Å². The third-order valence-electron chi connectivity index (χ3n) is 6.61. The first-order chi connectivity index (χ1) is 17.6. The van der Waals surface area contributed by atoms with E-state index in [9.17, 15) is 10.0 Å². The molecule has 0 saturated carbocycles. The van der Waals surface area contributed by atoms with Gasteiger partial charge in [0, 0.05) is 18.7 Å². The lowest BCUT2D eigenvalue weighted by molar-refractivity contribution is -0.421. The van der Waals surface area contributed by atoms with Crippen molar-refractivity contribution in [2.45, 2.75) is 12.8 Å². The Morgan fingerprint density at radius 1 is 0.972 bits per heavy atom. The highest BCUT2D eigenvalue weighted by atomic mass is 16.5. The van der Waals surface area contributed by atoms with Gasteiger partial charge in [0.05, 0.1) is 25.4 Å². The first-order valence-corrected chi connectivity index (χ1v) is 12.4. The number of rotatable bonds is 7. The Labute approximate surface area is 211 Å². The van der Waals surface area contributed by atoms with Gasteiger partial charge >= 0.3 is 0 Å². The second kappa shape index (κ2) is 10.8. The molecular formula is C30H30N2O4. The van der Waals surface area contributed by atoms with Gasteiger partial charge in [0.1, 0.15) is 18.4 Å². The van der Waals surface area contributed by atoms with Crippen LogP contribution >= 0.6 is 0 Å². The SMILES string of the molecule is C/[N+]([O-])=C1\C(C(=O)N2CCOCC2)=C(c2ccccc2)c2ccc(OCCCc3ccccc3)cc21. The molecule has 2 aliphatic rings. The van der Waals surface area contributed by atoms with E-state index in [2.05, 4.69) is 12.1 Å². The van der Waals surface area contributed by atoms with Crippen LogP contribution in [0, 0.1) is 5.21 Å². The van der Waals surface area contributed by atoms with Crippen LogP contribution in [0.2, 0.25) is 0 Å². The average Bonchev–Trinajstić information content (AvgIpc) is 3.27. The van der Waals surface area contributed by atoms with Gasteiger partial charge in [-0.3, -0.25) is 4.79 Å². The number of hydroxylamine groups is 1. The topological polar surface area (TPSA) is 64.8 Å². The molecule has 0 unspecified atom stereocenters. The van der Waals surface area contributed by atoms with Crippen molar-refractivity contribution in [2.75, 3.05) is 40.0 Å². The van der Waals surface area contributed by atoms with Crippen LogP contribution in [0.5, 0.6) is 5.75 Å². The van der Waals surface area contributed by atoms with E-state index in [1.807, 2.05) is 66.7 Å². The highest BCUT2D eigenvalue weighted by Crippen LogP contribution is 2.40. The molecule has 1 heterocycles. The highest BCUT2D eigenvalue weighted by molar-refractivity contribution is 6.36. The average molecular weight is 483 g/mol. The standard InChI is InChI=1S/C30H30N2O4/c1-31(34)29-26-21-24(36-18-8-11-22-9-4-2-5-10-22)14-15-25(26)27(23-12-6-3-7-13-23)28(29)30(33)32-16-19-35-20-17-32/h2-7,9-10,12-15,21H,8,11,16-20H2,1H3/b31-29+. The number of morpholine rings is 1. The molecule has 5 rings (SSSR count). The first kappa shape index (κ1) is 23.8. The summed E-state index contributed by atoms with van der Waals surface area (Å²) in [5, 5.41) is 12.9. The minimum Gasteiger partial charge on any atom is -0.624 e. The van der Waals surface area contributed by atoms with Crippen molar-refractivity contribution in [2.24, 2.45) is 0 Å². The maximum Gasteiger partial charge on any atom is 0.261 e. The Morgan fingerprint density at radius 2 is 1.67 bits per heavy atom. The van der Waals surface area contributed by atoms with E-state index in [1.54, 1.807) is 4.90 Å². The summed E-state index contributed by atoms with van der Waals surface area (Å²) in [4.78, 5) is 15.6. The van der Waals surface area contributed by atoms with E-state index >= 15 is 0 Å². The molecule has 6 heteroatoms. The summed E-state index contributed by atoms with van der Waals surface area (Å²) in [5.74, 6) is 0.546. The number of fused-ring (bicyclic) bond motifs is 1. The van der Waals surface area contributed by atoms with Crippen molar-refractivity contribution in [1.29, 1.82) is 0 Å². The number of carbonyl (C=O) groups is 1. The molecule has 6 nitrogen and oxygen atoms in total. The van der Waals surface area contributed by atoms with Crippen LogP contribution in [-0.4, -0.2) is 61.2 Å². The molecule has 0 N–H and O–H groups in total. The molecule has 1 aliphatic carbocycles. The Hall–Kier alpha value is -3.90. The summed E-state index contributed by atoms with van der Waals surface area (Å²) in [7, 11) is 1.45. The number of nitrogens with zero attached hydrogens (tertiary/aromatic N) is 2. The number of carbonyl (C=O) groups excluding carboxylic acids is 1. The van der Waals surface area contributed by atoms with Crippen molar-refractivity contribution in [3.63, 3.8) is 0 Å². The molecule has 1 aliphatic heterocycles. The van der Waals surface area contributed by atoms with Gasteiger partial charge in [-0.1, -0.05) is 60.7 Å². The zero-order valence-corrected chi connectivity index (χ0v) is 20.5. The Balaban J connectivity index is 1.46. The Morgan fingerprint density at radius 3 is 2.36 bits per heavy atom. The van der Waals surface area contributed by atoms with E-state index < -0.39 is 0 Å². The lowest BCUT2D eigenvalue weighted by Gasteiger charge is -2.27. The first-order valence-electron chi connectivity index (χ1n) is 12.4. The Bertz CT molecular complexity index is 1290. The summed E-state index contributed by atoms with van der Waals surface area (Å²) in [6.45, 7) is 2.57. The molecule has 1 fully saturated rings. The number of amides is 1. The summed E-state index contributed by atoms with van der Waals surface area (Å²) in [5.41, 5.74) is 5.39. The number of benzene rings is 3. The fourth-order valence-electron chi connectivity index (χ4n) is 4.89. The van der Waals surface area contributed by atoms with Crippen LogP contribution in [0.15, 0.2) is 84.4 Å². The number of hydrogen-bond acceptors (Lipinski definition) is 4. The lowest BCUT2D eigenvalue weighted by Crippen LogP contribution is -2.43. The van der Waals surface area contributed by atoms with Crippen molar-refractivity contribution in [3.8, 4) is 5.75 Å². The predicted octanol–water partition coefficient (Wildman–Crippen LogP) is 4.30. The molecule has 1 saturated heterocycles. The molecule has 3 aromatic carbocycles. The van der Waals surface area contributed by atoms with Crippen molar-refractivity contribution >= 4 is 17.2 Å². The fourth-order valence-corrected chi connectivity index (χ4v) is 4.89. The molecular weight excluding hydrogens is 452 g/mol. The zero-order chi connectivity index (χ0) is 24.9. The highest BCUT2D eigenvalue weighted by Gasteiger charge is 2.40. The maximum atomic E-state index is 13.8. The number of hydrogen-bond donors (Lipinski definition) is 0. The monoisotopic (exact) mass is 482 g/mol. The Kier molecular flexibility index (Phi) is 7.14. The van der Waals surface area contributed by atoms with Crippen LogP contribution in [0.25, 0.3) is 5.57 Å². The third-order valence-corrected chi connectivity index (χ3v) is 6.61. The van der Waals surface area contributed by atoms with Gasteiger partial charge in [-0.25, -0.2) is 4.74 Å². The minimum atomic E-state index is -0.142. The smallest absolute Gasteiger partial charge is 0.261 e. The molecule has 0 aromatic heterocycles. The van der Waals surface area contributed by atoms with Crippen LogP contribution in [0.1, 0.15) is 28.7 Å². The van der Waals surface area contributed by atoms with E-state index in [0.717, 1.165) is 39.8 Å². The van der Waals surface area contributed by atoms with Gasteiger partial charge < -0.3 is 19.6 Å². The normalized spacial score (nSPS) is 16.6. The van der Waals surface area contributed by atoms with Crippen LogP contribution in [0.4, 0.5) is 0 Å². The lowest BCUT2D eigenvalue weighted by atomic mass is 9.97. The largest absolute Gasteiger partial charge is 0.624 e. The van der Waals surface area contributed by atoms with E-state index in [0.29, 0.717) is 49.9 Å². The van der Waals surface area contributed by atoms with Gasteiger partial charge in [0.15, 0.2) is 0 Å². The van der Waals surface area contributed by atoms with E-state index in [1.165, 1.54) is 12.6 Å². The quantitative estimate of drug-likeness (QED) is 0.218. The number of ether oxygens (including phenoxy) is 2. The molecule has 0 atom stereocenters. The van der Waals surface area contributed by atoms with Gasteiger partial charge in [-0.15, -0.1) is 0 Å². The molecule has 0 radical (unpaired) electrons. The zero-order valence-electron chi connectivity index (χ0n) is 20.5. The van der Waals surface area contributed by atoms with Gasteiger partial charge in [0.25, 0.3) is 5.91 Å². The van der Waals surface area contributed by atoms with Crippen molar-refractivity contribution in [1.82, 2.24) is 4.90 Å². The van der Waals surface area contributed by atoms with Crippen LogP contribution in [0.3, 0.4) is 0 Å². The molecule has 3 aromatic rings. The van der Waals surface area contributed by atoms with Crippen LogP contribution < -0.4 is 4.74 Å². The second-order valence-electron chi connectivity index (χ2n) is 9.01. The van der Waals surface area contributed by atoms with Crippen molar-refractivity contribution < 1.29 is 19.0 Å². The molecule has 36 heavy (non-hydrogen) atoms. The molecule has 0 bridgehead atoms. The van der Waals surface area contributed by atoms with E-state index in [-0.39, 0.29) is 5.91 Å². The van der Waals surface area contributed by atoms with E-state index in [4.69, 9.17) is 9.47 Å². The van der Waals surface area contributed by atoms with Gasteiger partial charge in [0.2, 0.25) is 5.71 Å². The van der Waals surface area contributed by atoms with Crippen LogP contribution in [-0.2, 0) is 16.0 Å². The summed E-state index contributed by atoms with van der Waals surface area (Å²) >= 11 is 0. The predicted molar refractivity (Wildman–Crippen MR) is 140 cm³/mol. The summed E-state index contributed by atoms with van der Waals surface area (Å²) < 4.78 is 12.3. The second-order valence-corrected chi connectivity index (χ2v) is 9.01. The minimum absolute atomic E-state index is 0.142. The summed E-state index contributed by atoms with van der Waals surface area (Å²) in [6, 6.07) is 25.9. The maximum absolute atomic E-state index is 13.8. The molecule has 184 valence electrons. The fraction of sp³-hybridized carbons (Fsp3) is 0.267. The van der Waals surface area contributed by atoms with Gasteiger partial charge in [-0.05, 0) is 47.7 Å². The molecule has 1 amide bonds.